The number of methoxy groups -OCH3 is 1. The molecule has 0 radical (unpaired) electrons. The molecule has 0 bridgehead atoms. The lowest BCUT2D eigenvalue weighted by Crippen LogP contribution is -2.55. The number of nitrogens with zero attached hydrogens (tertiary/aromatic N) is 4. The molecule has 2 aliphatic heterocycles. The Labute approximate surface area is 220 Å². The second kappa shape index (κ2) is 9.68. The van der Waals surface area contributed by atoms with Crippen LogP contribution < -0.4 is 15.9 Å². The lowest BCUT2D eigenvalue weighted by molar-refractivity contribution is -0.137. The normalized spacial score (nSPS) is 25.6. The number of ether oxygens (including phenoxy) is 1. The van der Waals surface area contributed by atoms with E-state index >= 15 is 0 Å². The van der Waals surface area contributed by atoms with Gasteiger partial charge in [0.2, 0.25) is 0 Å². The molecule has 4 atom stereocenters. The Kier molecular flexibility index (Phi) is 6.93. The monoisotopic (exact) mass is 581 g/mol. The molecule has 0 saturated carbocycles. The Morgan fingerprint density at radius 1 is 1.08 bits per heavy atom. The minimum absolute atomic E-state index is 0.00216. The van der Waals surface area contributed by atoms with Gasteiger partial charge in [0.25, 0.3) is 0 Å². The number of nitrogens with one attached hydrogen (secondary N) is 1. The van der Waals surface area contributed by atoms with Crippen molar-refractivity contribution in [3.05, 3.63) is 39.3 Å². The van der Waals surface area contributed by atoms with Crippen LogP contribution in [-0.4, -0.2) is 58.7 Å². The van der Waals surface area contributed by atoms with Crippen molar-refractivity contribution >= 4 is 39.0 Å². The molecule has 0 aliphatic carbocycles. The van der Waals surface area contributed by atoms with Crippen LogP contribution in [-0.2, 0) is 23.6 Å². The van der Waals surface area contributed by atoms with E-state index in [1.54, 1.807) is 4.90 Å². The average molecular weight is 582 g/mol. The van der Waals surface area contributed by atoms with E-state index < -0.39 is 45.5 Å². The molecule has 4 heterocycles. The first-order valence-corrected chi connectivity index (χ1v) is 14.1. The quantitative estimate of drug-likeness (QED) is 0.350. The molecular formula is C23H25F6N5O2S2. The first-order valence-electron chi connectivity index (χ1n) is 11.8. The molecular weight excluding hydrogens is 556 g/mol. The second-order valence-corrected chi connectivity index (χ2v) is 13.0. The summed E-state index contributed by atoms with van der Waals surface area (Å²) in [6.07, 6.45) is -9.31. The van der Waals surface area contributed by atoms with E-state index in [0.29, 0.717) is 30.6 Å². The van der Waals surface area contributed by atoms with Gasteiger partial charge >= 0.3 is 18.0 Å². The molecule has 1 unspecified atom stereocenters. The van der Waals surface area contributed by atoms with Crippen LogP contribution in [0.4, 0.5) is 32.2 Å². The first-order chi connectivity index (χ1) is 17.8. The van der Waals surface area contributed by atoms with Crippen molar-refractivity contribution in [2.75, 3.05) is 30.9 Å². The van der Waals surface area contributed by atoms with Crippen LogP contribution >= 0.6 is 22.2 Å². The number of rotatable bonds is 3. The highest BCUT2D eigenvalue weighted by atomic mass is 32.2. The van der Waals surface area contributed by atoms with Crippen molar-refractivity contribution in [2.24, 2.45) is 0 Å². The van der Waals surface area contributed by atoms with Crippen LogP contribution in [0, 0.1) is 0 Å². The van der Waals surface area contributed by atoms with Crippen molar-refractivity contribution < 1.29 is 31.1 Å². The van der Waals surface area contributed by atoms with Crippen molar-refractivity contribution in [1.29, 1.82) is 0 Å². The Morgan fingerprint density at radius 3 is 2.34 bits per heavy atom. The van der Waals surface area contributed by atoms with Gasteiger partial charge in [-0.1, -0.05) is 0 Å². The van der Waals surface area contributed by atoms with Gasteiger partial charge < -0.3 is 15.0 Å². The minimum atomic E-state index is -4.74. The molecule has 0 amide bonds. The molecule has 5 rings (SSSR count). The molecule has 2 aliphatic rings. The fourth-order valence-corrected chi connectivity index (χ4v) is 9.07. The summed E-state index contributed by atoms with van der Waals surface area (Å²) in [4.78, 5) is 22.6. The van der Waals surface area contributed by atoms with Gasteiger partial charge in [0.05, 0.1) is 29.9 Å². The summed E-state index contributed by atoms with van der Waals surface area (Å²) in [6, 6.07) is 1.91. The third kappa shape index (κ3) is 5.00. The third-order valence-corrected chi connectivity index (χ3v) is 10.7. The molecule has 1 aromatic carbocycles. The van der Waals surface area contributed by atoms with E-state index in [1.807, 2.05) is 13.8 Å². The zero-order chi connectivity index (χ0) is 27.6. The predicted octanol–water partition coefficient (Wildman–Crippen LogP) is 4.53. The summed E-state index contributed by atoms with van der Waals surface area (Å²) in [5.74, 6) is 0.236. The third-order valence-electron chi connectivity index (χ3n) is 6.62. The zero-order valence-electron chi connectivity index (χ0n) is 20.5. The lowest BCUT2D eigenvalue weighted by atomic mass is 10.1. The van der Waals surface area contributed by atoms with Gasteiger partial charge in [0.15, 0.2) is 0 Å². The fraction of sp³-hybridized carbons (Fsp3) is 0.522. The van der Waals surface area contributed by atoms with Gasteiger partial charge in [-0.15, -0.1) is 11.3 Å². The molecule has 15 heteroatoms. The molecule has 1 N–H and O–H groups in total. The highest BCUT2D eigenvalue weighted by molar-refractivity contribution is 8.18. The molecule has 208 valence electrons. The Morgan fingerprint density at radius 2 is 1.76 bits per heavy atom. The predicted molar refractivity (Wildman–Crippen MR) is 134 cm³/mol. The number of halogens is 6. The SMILES string of the molecule is CO[C@H]1Cn2c(=O)nc(N3C[C@@H](C)N[C@@H](C)C3)c3cc(C(F)(F)F)cc(c32)[SH](c2ncc(C(F)(F)F)s2)C1. The average Bonchev–Trinajstić information content (AvgIpc) is 3.25. The number of alkyl halides is 6. The molecule has 7 nitrogen and oxygen atoms in total. The molecule has 38 heavy (non-hydrogen) atoms. The second-order valence-electron chi connectivity index (χ2n) is 9.56. The van der Waals surface area contributed by atoms with Crippen LogP contribution in [0.1, 0.15) is 24.3 Å². The maximum absolute atomic E-state index is 14.2. The zero-order valence-corrected chi connectivity index (χ0v) is 22.2. The van der Waals surface area contributed by atoms with Gasteiger partial charge in [0.1, 0.15) is 15.0 Å². The van der Waals surface area contributed by atoms with Gasteiger partial charge in [-0.05, 0) is 26.0 Å². The number of benzene rings is 1. The van der Waals surface area contributed by atoms with E-state index in [0.717, 1.165) is 12.1 Å². The maximum atomic E-state index is 14.2. The van der Waals surface area contributed by atoms with Gasteiger partial charge in [-0.3, -0.25) is 4.57 Å². The van der Waals surface area contributed by atoms with Crippen molar-refractivity contribution in [3.8, 4) is 0 Å². The highest BCUT2D eigenvalue weighted by Gasteiger charge is 2.38. The number of thiazole rings is 1. The first kappa shape index (κ1) is 27.2. The summed E-state index contributed by atoms with van der Waals surface area (Å²) in [6.45, 7) is 4.69. The van der Waals surface area contributed by atoms with Crippen molar-refractivity contribution in [1.82, 2.24) is 19.9 Å². The number of anilines is 1. The topological polar surface area (TPSA) is 72.3 Å². The summed E-state index contributed by atoms with van der Waals surface area (Å²) < 4.78 is 89.6. The lowest BCUT2D eigenvalue weighted by Gasteiger charge is -2.37. The van der Waals surface area contributed by atoms with E-state index in [2.05, 4.69) is 15.3 Å². The Hall–Kier alpha value is -2.36. The number of thiol groups is 1. The van der Waals surface area contributed by atoms with Gasteiger partial charge in [-0.25, -0.2) is 9.78 Å². The molecule has 3 aromatic rings. The van der Waals surface area contributed by atoms with E-state index in [9.17, 15) is 31.1 Å². The number of hydrogen-bond acceptors (Lipinski definition) is 7. The summed E-state index contributed by atoms with van der Waals surface area (Å²) in [5.41, 5.74) is -1.37. The number of aromatic nitrogens is 3. The summed E-state index contributed by atoms with van der Waals surface area (Å²) >= 11 is 0.412. The molecule has 2 aromatic heterocycles. The summed E-state index contributed by atoms with van der Waals surface area (Å²) in [5, 5.41) is 3.48. The van der Waals surface area contributed by atoms with Crippen LogP contribution in [0.2, 0.25) is 0 Å². The highest BCUT2D eigenvalue weighted by Crippen LogP contribution is 2.54. The fourth-order valence-electron chi connectivity index (χ4n) is 5.07. The van der Waals surface area contributed by atoms with E-state index in [1.165, 1.54) is 11.7 Å². The van der Waals surface area contributed by atoms with E-state index in [-0.39, 0.29) is 50.3 Å². The molecule has 0 spiro atoms. The van der Waals surface area contributed by atoms with Crippen molar-refractivity contribution in [3.63, 3.8) is 0 Å². The standard InChI is InChI=1S/C23H25F6N5O2S2/c1-11-7-33(8-12(2)31-11)19-15-4-13(22(24,25)26)5-16-18(15)34(20(35)32-19)9-14(36-3)10-38(16)21-30-6-17(37-21)23(27,28)29/h4-6,11-12,14,31,38H,7-10H2,1-3H3/t11-,12+,14-/m0/s1. The van der Waals surface area contributed by atoms with Gasteiger partial charge in [0, 0.05) is 48.3 Å². The molecule has 1 saturated heterocycles. The van der Waals surface area contributed by atoms with Crippen LogP contribution in [0.25, 0.3) is 10.9 Å². The van der Waals surface area contributed by atoms with Crippen molar-refractivity contribution in [2.45, 2.75) is 60.2 Å². The van der Waals surface area contributed by atoms with Crippen LogP contribution in [0.3, 0.4) is 0 Å². The smallest absolute Gasteiger partial charge is 0.379 e. The number of hydrogen-bond donors (Lipinski definition) is 2. The summed E-state index contributed by atoms with van der Waals surface area (Å²) in [7, 11) is -0.435. The Bertz CT molecular complexity index is 1410. The Balaban J connectivity index is 1.82. The maximum Gasteiger partial charge on any atom is 0.427 e. The largest absolute Gasteiger partial charge is 0.427 e. The van der Waals surface area contributed by atoms with Crippen LogP contribution in [0.5, 0.6) is 0 Å². The molecule has 1 fully saturated rings. The van der Waals surface area contributed by atoms with Crippen LogP contribution in [0.15, 0.2) is 32.4 Å². The van der Waals surface area contributed by atoms with Gasteiger partial charge in [-0.2, -0.15) is 42.2 Å². The minimum Gasteiger partial charge on any atom is -0.379 e. The number of piperazine rings is 1. The van der Waals surface area contributed by atoms with E-state index in [4.69, 9.17) is 4.74 Å².